The van der Waals surface area contributed by atoms with E-state index in [1.54, 1.807) is 0 Å². The van der Waals surface area contributed by atoms with Crippen LogP contribution in [0.15, 0.2) is 121 Å². The van der Waals surface area contributed by atoms with E-state index in [4.69, 9.17) is 14.2 Å². The molecule has 0 spiro atoms. The van der Waals surface area contributed by atoms with Crippen molar-refractivity contribution in [1.29, 1.82) is 0 Å². The maximum Gasteiger partial charge on any atom is 0.337 e. The second kappa shape index (κ2) is 11.4. The van der Waals surface area contributed by atoms with E-state index in [1.165, 1.54) is 7.11 Å². The fraction of sp³-hybridized carbons (Fsp3) is 0.167. The highest BCUT2D eigenvalue weighted by atomic mass is 16.6. The molecular formula is C30H28O4. The summed E-state index contributed by atoms with van der Waals surface area (Å²) < 4.78 is 17.8. The van der Waals surface area contributed by atoms with Crippen LogP contribution in [0.4, 0.5) is 0 Å². The maximum atomic E-state index is 12.6. The molecular weight excluding hydrogens is 424 g/mol. The van der Waals surface area contributed by atoms with E-state index in [0.717, 1.165) is 22.3 Å². The molecule has 0 bridgehead atoms. The minimum Gasteiger partial charge on any atom is -0.467 e. The average molecular weight is 453 g/mol. The Hall–Kier alpha value is -3.73. The van der Waals surface area contributed by atoms with E-state index in [1.807, 2.05) is 121 Å². The molecule has 4 nitrogen and oxygen atoms in total. The number of rotatable bonds is 10. The Balaban J connectivity index is 1.72. The molecule has 0 aliphatic carbocycles. The molecule has 172 valence electrons. The van der Waals surface area contributed by atoms with Gasteiger partial charge in [-0.25, -0.2) is 4.79 Å². The van der Waals surface area contributed by atoms with Crippen LogP contribution in [0, 0.1) is 0 Å². The maximum absolute atomic E-state index is 12.6. The van der Waals surface area contributed by atoms with Gasteiger partial charge in [-0.1, -0.05) is 121 Å². The molecule has 0 saturated heterocycles. The van der Waals surface area contributed by atoms with Gasteiger partial charge in [0.1, 0.15) is 5.60 Å². The van der Waals surface area contributed by atoms with Crippen LogP contribution < -0.4 is 0 Å². The van der Waals surface area contributed by atoms with Crippen LogP contribution >= 0.6 is 0 Å². The van der Waals surface area contributed by atoms with Crippen LogP contribution in [0.25, 0.3) is 0 Å². The first-order valence-electron chi connectivity index (χ1n) is 11.3. The van der Waals surface area contributed by atoms with Crippen molar-refractivity contribution in [3.8, 4) is 0 Å². The molecule has 4 aromatic rings. The third kappa shape index (κ3) is 5.25. The monoisotopic (exact) mass is 452 g/mol. The number of carbonyl (C=O) groups excluding carboxylic acids is 1. The Bertz CT molecular complexity index is 1050. The van der Waals surface area contributed by atoms with Crippen LogP contribution in [0.3, 0.4) is 0 Å². The van der Waals surface area contributed by atoms with E-state index < -0.39 is 17.7 Å². The van der Waals surface area contributed by atoms with Gasteiger partial charge in [-0.3, -0.25) is 0 Å². The molecule has 0 N–H and O–H groups in total. The Morgan fingerprint density at radius 1 is 0.676 bits per heavy atom. The molecule has 0 aromatic heterocycles. The van der Waals surface area contributed by atoms with Gasteiger partial charge < -0.3 is 14.2 Å². The molecule has 4 heteroatoms. The summed E-state index contributed by atoms with van der Waals surface area (Å²) in [6, 6.07) is 39.8. The van der Waals surface area contributed by atoms with Crippen molar-refractivity contribution in [3.05, 3.63) is 144 Å². The fourth-order valence-corrected chi connectivity index (χ4v) is 4.06. The van der Waals surface area contributed by atoms with E-state index in [0.29, 0.717) is 0 Å². The van der Waals surface area contributed by atoms with Crippen LogP contribution in [0.5, 0.6) is 0 Å². The van der Waals surface area contributed by atoms with Crippen LogP contribution in [0.1, 0.15) is 22.3 Å². The molecule has 0 fully saturated rings. The summed E-state index contributed by atoms with van der Waals surface area (Å²) in [5.74, 6) is -0.473. The molecule has 0 heterocycles. The third-order valence-corrected chi connectivity index (χ3v) is 5.75. The van der Waals surface area contributed by atoms with Gasteiger partial charge in [0.05, 0.1) is 20.3 Å². The summed E-state index contributed by atoms with van der Waals surface area (Å²) in [4.78, 5) is 12.6. The van der Waals surface area contributed by atoms with Crippen molar-refractivity contribution in [2.24, 2.45) is 0 Å². The molecule has 4 aromatic carbocycles. The normalized spacial score (nSPS) is 12.1. The fourth-order valence-electron chi connectivity index (χ4n) is 4.06. The molecule has 0 radical (unpaired) electrons. The number of hydrogen-bond donors (Lipinski definition) is 0. The van der Waals surface area contributed by atoms with Gasteiger partial charge in [-0.05, 0) is 22.3 Å². The SMILES string of the molecule is COC(=O)[C@@H](COC(c1ccccc1)(c1ccccc1)c1ccccc1)OCc1ccccc1. The van der Waals surface area contributed by atoms with Crippen LogP contribution in [0.2, 0.25) is 0 Å². The average Bonchev–Trinajstić information content (AvgIpc) is 2.92. The van der Waals surface area contributed by atoms with Gasteiger partial charge in [0.2, 0.25) is 0 Å². The van der Waals surface area contributed by atoms with Gasteiger partial charge >= 0.3 is 5.97 Å². The van der Waals surface area contributed by atoms with Gasteiger partial charge in [0.25, 0.3) is 0 Å². The lowest BCUT2D eigenvalue weighted by Crippen LogP contribution is -2.39. The smallest absolute Gasteiger partial charge is 0.337 e. The number of esters is 1. The lowest BCUT2D eigenvalue weighted by molar-refractivity contribution is -0.162. The van der Waals surface area contributed by atoms with Crippen molar-refractivity contribution in [2.45, 2.75) is 18.3 Å². The summed E-state index contributed by atoms with van der Waals surface area (Å²) in [6.07, 6.45) is -0.888. The van der Waals surface area contributed by atoms with Gasteiger partial charge in [-0.2, -0.15) is 0 Å². The Morgan fingerprint density at radius 3 is 1.50 bits per heavy atom. The minimum absolute atomic E-state index is 0.0121. The van der Waals surface area contributed by atoms with E-state index >= 15 is 0 Å². The number of hydrogen-bond acceptors (Lipinski definition) is 4. The summed E-state index contributed by atoms with van der Waals surface area (Å²) in [5, 5.41) is 0. The molecule has 0 amide bonds. The summed E-state index contributed by atoms with van der Waals surface area (Å²) in [6.45, 7) is 0.289. The summed E-state index contributed by atoms with van der Waals surface area (Å²) in [5.41, 5.74) is 2.90. The lowest BCUT2D eigenvalue weighted by Gasteiger charge is -2.36. The summed E-state index contributed by atoms with van der Waals surface area (Å²) in [7, 11) is 1.36. The number of methoxy groups -OCH3 is 1. The topological polar surface area (TPSA) is 44.8 Å². The molecule has 1 atom stereocenters. The third-order valence-electron chi connectivity index (χ3n) is 5.75. The highest BCUT2D eigenvalue weighted by molar-refractivity contribution is 5.74. The first-order valence-corrected chi connectivity index (χ1v) is 11.3. The zero-order valence-corrected chi connectivity index (χ0v) is 19.2. The van der Waals surface area contributed by atoms with Crippen molar-refractivity contribution >= 4 is 5.97 Å². The number of carbonyl (C=O) groups is 1. The molecule has 0 saturated carbocycles. The molecule has 0 aliphatic rings. The van der Waals surface area contributed by atoms with Crippen molar-refractivity contribution in [1.82, 2.24) is 0 Å². The van der Waals surface area contributed by atoms with Crippen molar-refractivity contribution < 1.29 is 19.0 Å². The lowest BCUT2D eigenvalue weighted by atomic mass is 9.80. The van der Waals surface area contributed by atoms with Crippen LogP contribution in [-0.2, 0) is 31.2 Å². The van der Waals surface area contributed by atoms with E-state index in [9.17, 15) is 4.79 Å². The second-order valence-electron chi connectivity index (χ2n) is 7.90. The zero-order valence-electron chi connectivity index (χ0n) is 19.2. The predicted octanol–water partition coefficient (Wildman–Crippen LogP) is 5.75. The van der Waals surface area contributed by atoms with Gasteiger partial charge in [0.15, 0.2) is 6.10 Å². The summed E-state index contributed by atoms with van der Waals surface area (Å²) >= 11 is 0. The highest BCUT2D eigenvalue weighted by Gasteiger charge is 2.39. The second-order valence-corrected chi connectivity index (χ2v) is 7.90. The quantitative estimate of drug-likeness (QED) is 0.227. The van der Waals surface area contributed by atoms with Crippen molar-refractivity contribution in [3.63, 3.8) is 0 Å². The highest BCUT2D eigenvalue weighted by Crippen LogP contribution is 2.40. The molecule has 0 unspecified atom stereocenters. The number of benzene rings is 4. The van der Waals surface area contributed by atoms with Gasteiger partial charge in [0, 0.05) is 0 Å². The molecule has 34 heavy (non-hydrogen) atoms. The van der Waals surface area contributed by atoms with Crippen molar-refractivity contribution in [2.75, 3.05) is 13.7 Å². The number of ether oxygens (including phenoxy) is 3. The largest absolute Gasteiger partial charge is 0.467 e. The molecule has 4 rings (SSSR count). The Morgan fingerprint density at radius 2 is 1.09 bits per heavy atom. The minimum atomic E-state index is -0.938. The first kappa shape index (κ1) is 23.4. The first-order chi connectivity index (χ1) is 16.7. The molecule has 0 aliphatic heterocycles. The predicted molar refractivity (Wildman–Crippen MR) is 132 cm³/mol. The van der Waals surface area contributed by atoms with E-state index in [-0.39, 0.29) is 13.2 Å². The van der Waals surface area contributed by atoms with Crippen LogP contribution in [-0.4, -0.2) is 25.8 Å². The zero-order chi connectivity index (χ0) is 23.6. The van der Waals surface area contributed by atoms with Gasteiger partial charge in [-0.15, -0.1) is 0 Å². The Labute approximate surface area is 200 Å². The standard InChI is InChI=1S/C30H28O4/c1-32-29(31)28(33-22-24-14-6-2-7-15-24)23-34-30(25-16-8-3-9-17-25,26-18-10-4-11-19-26)27-20-12-5-13-21-27/h2-21,28H,22-23H2,1H3/t28-/m1/s1. The van der Waals surface area contributed by atoms with E-state index in [2.05, 4.69) is 0 Å². The Kier molecular flexibility index (Phi) is 7.87.